The van der Waals surface area contributed by atoms with Crippen molar-refractivity contribution in [1.29, 1.82) is 0 Å². The van der Waals surface area contributed by atoms with Gasteiger partial charge >= 0.3 is 0 Å². The van der Waals surface area contributed by atoms with Crippen LogP contribution in [-0.2, 0) is 6.42 Å². The van der Waals surface area contributed by atoms with Crippen LogP contribution < -0.4 is 5.32 Å². The van der Waals surface area contributed by atoms with E-state index in [4.69, 9.17) is 9.97 Å². The minimum absolute atomic E-state index is 0.574. The van der Waals surface area contributed by atoms with Crippen LogP contribution in [0.1, 0.15) is 70.3 Å². The van der Waals surface area contributed by atoms with E-state index in [0.29, 0.717) is 5.92 Å². The Balaban J connectivity index is 2.14. The Morgan fingerprint density at radius 1 is 1.16 bits per heavy atom. The molecule has 0 aliphatic heterocycles. The molecule has 0 radical (unpaired) electrons. The topological polar surface area (TPSA) is 37.8 Å². The van der Waals surface area contributed by atoms with E-state index in [9.17, 15) is 0 Å². The van der Waals surface area contributed by atoms with Crippen LogP contribution in [0, 0.1) is 5.92 Å². The molecular weight excluding hydrogens is 234 g/mol. The number of nitrogens with one attached hydrogen (secondary N) is 1. The van der Waals surface area contributed by atoms with E-state index in [1.54, 1.807) is 0 Å². The van der Waals surface area contributed by atoms with Crippen molar-refractivity contribution in [2.45, 2.75) is 65.2 Å². The molecule has 1 aromatic heterocycles. The normalized spacial score (nSPS) is 23.3. The van der Waals surface area contributed by atoms with Gasteiger partial charge in [0.1, 0.15) is 11.6 Å². The van der Waals surface area contributed by atoms with Gasteiger partial charge in [-0.25, -0.2) is 9.97 Å². The van der Waals surface area contributed by atoms with Crippen molar-refractivity contribution in [1.82, 2.24) is 9.97 Å². The molecule has 2 rings (SSSR count). The van der Waals surface area contributed by atoms with E-state index in [0.717, 1.165) is 36.9 Å². The summed E-state index contributed by atoms with van der Waals surface area (Å²) in [6.45, 7) is 7.69. The monoisotopic (exact) mass is 261 g/mol. The van der Waals surface area contributed by atoms with Gasteiger partial charge in [0.2, 0.25) is 0 Å². The van der Waals surface area contributed by atoms with Gasteiger partial charge in [0, 0.05) is 24.2 Å². The molecule has 1 aliphatic rings. The first kappa shape index (κ1) is 14.3. The Kier molecular flexibility index (Phi) is 5.17. The highest BCUT2D eigenvalue weighted by molar-refractivity contribution is 5.36. The maximum Gasteiger partial charge on any atom is 0.134 e. The largest absolute Gasteiger partial charge is 0.370 e. The van der Waals surface area contributed by atoms with E-state index in [-0.39, 0.29) is 0 Å². The molecule has 0 bridgehead atoms. The molecule has 0 aromatic carbocycles. The van der Waals surface area contributed by atoms with Gasteiger partial charge in [-0.3, -0.25) is 0 Å². The number of hydrogen-bond donors (Lipinski definition) is 1. The fourth-order valence-electron chi connectivity index (χ4n) is 2.74. The average Bonchev–Trinajstić information content (AvgIpc) is 2.45. The predicted octanol–water partition coefficient (Wildman–Crippen LogP) is 4.15. The molecule has 0 unspecified atom stereocenters. The Bertz CT molecular complexity index is 395. The molecule has 0 atom stereocenters. The van der Waals surface area contributed by atoms with Crippen LogP contribution in [0.25, 0.3) is 0 Å². The average molecular weight is 261 g/mol. The molecule has 3 nitrogen and oxygen atoms in total. The lowest BCUT2D eigenvalue weighted by molar-refractivity contribution is 0.339. The Morgan fingerprint density at radius 3 is 2.53 bits per heavy atom. The molecule has 1 aliphatic carbocycles. The first-order valence-electron chi connectivity index (χ1n) is 7.84. The lowest BCUT2D eigenvalue weighted by Gasteiger charge is -2.25. The molecular formula is C16H27N3. The van der Waals surface area contributed by atoms with E-state index in [1.807, 2.05) is 0 Å². The van der Waals surface area contributed by atoms with Crippen molar-refractivity contribution >= 4 is 5.82 Å². The van der Waals surface area contributed by atoms with Gasteiger partial charge in [-0.15, -0.1) is 0 Å². The lowest BCUT2D eigenvalue weighted by atomic mass is 9.82. The minimum Gasteiger partial charge on any atom is -0.370 e. The number of hydrogen-bond acceptors (Lipinski definition) is 3. The molecule has 0 saturated heterocycles. The van der Waals surface area contributed by atoms with Crippen LogP contribution in [0.2, 0.25) is 0 Å². The lowest BCUT2D eigenvalue weighted by Crippen LogP contribution is -2.15. The summed E-state index contributed by atoms with van der Waals surface area (Å²) >= 11 is 0. The summed E-state index contributed by atoms with van der Waals surface area (Å²) in [5, 5.41) is 3.41. The van der Waals surface area contributed by atoms with Gasteiger partial charge in [0.15, 0.2) is 0 Å². The SMILES string of the molecule is CCCNc1cc(CC)nc(C2CCC(C)CC2)n1. The van der Waals surface area contributed by atoms with E-state index >= 15 is 0 Å². The van der Waals surface area contributed by atoms with Crippen molar-refractivity contribution in [2.75, 3.05) is 11.9 Å². The van der Waals surface area contributed by atoms with E-state index in [1.165, 1.54) is 31.4 Å². The first-order chi connectivity index (χ1) is 9.22. The second-order valence-corrected chi connectivity index (χ2v) is 5.84. The molecule has 1 heterocycles. The van der Waals surface area contributed by atoms with Crippen molar-refractivity contribution in [3.05, 3.63) is 17.6 Å². The van der Waals surface area contributed by atoms with Crippen molar-refractivity contribution in [3.63, 3.8) is 0 Å². The van der Waals surface area contributed by atoms with Gasteiger partial charge < -0.3 is 5.32 Å². The van der Waals surface area contributed by atoms with Crippen LogP contribution in [0.4, 0.5) is 5.82 Å². The highest BCUT2D eigenvalue weighted by atomic mass is 15.0. The molecule has 0 spiro atoms. The summed E-state index contributed by atoms with van der Waals surface area (Å²) in [5.41, 5.74) is 1.17. The summed E-state index contributed by atoms with van der Waals surface area (Å²) in [5.74, 6) is 3.54. The van der Waals surface area contributed by atoms with Gasteiger partial charge in [-0.1, -0.05) is 33.6 Å². The summed E-state index contributed by atoms with van der Waals surface area (Å²) in [6.07, 6.45) is 7.26. The van der Waals surface area contributed by atoms with Crippen LogP contribution >= 0.6 is 0 Å². The third kappa shape index (κ3) is 3.92. The Hall–Kier alpha value is -1.12. The number of nitrogens with zero attached hydrogens (tertiary/aromatic N) is 2. The van der Waals surface area contributed by atoms with E-state index in [2.05, 4.69) is 32.2 Å². The summed E-state index contributed by atoms with van der Waals surface area (Å²) in [4.78, 5) is 9.50. The van der Waals surface area contributed by atoms with Crippen LogP contribution in [-0.4, -0.2) is 16.5 Å². The standard InChI is InChI=1S/C16H27N3/c1-4-10-17-15-11-14(5-2)18-16(19-15)13-8-6-12(3)7-9-13/h11-13H,4-10H2,1-3H3,(H,17,18,19). The first-order valence-corrected chi connectivity index (χ1v) is 7.84. The number of anilines is 1. The Labute approximate surface area is 117 Å². The summed E-state index contributed by atoms with van der Waals surface area (Å²) in [7, 11) is 0. The maximum atomic E-state index is 4.76. The molecule has 1 N–H and O–H groups in total. The zero-order chi connectivity index (χ0) is 13.7. The fraction of sp³-hybridized carbons (Fsp3) is 0.750. The van der Waals surface area contributed by atoms with Gasteiger partial charge in [0.05, 0.1) is 0 Å². The molecule has 0 amide bonds. The minimum atomic E-state index is 0.574. The predicted molar refractivity (Wildman–Crippen MR) is 80.6 cm³/mol. The van der Waals surface area contributed by atoms with Crippen molar-refractivity contribution in [3.8, 4) is 0 Å². The number of rotatable bonds is 5. The van der Waals surface area contributed by atoms with Crippen molar-refractivity contribution in [2.24, 2.45) is 5.92 Å². The van der Waals surface area contributed by atoms with Crippen molar-refractivity contribution < 1.29 is 0 Å². The zero-order valence-electron chi connectivity index (χ0n) is 12.6. The summed E-state index contributed by atoms with van der Waals surface area (Å²) in [6, 6.07) is 2.10. The van der Waals surface area contributed by atoms with Crippen LogP contribution in [0.5, 0.6) is 0 Å². The molecule has 19 heavy (non-hydrogen) atoms. The zero-order valence-corrected chi connectivity index (χ0v) is 12.6. The number of aromatic nitrogens is 2. The van der Waals surface area contributed by atoms with E-state index < -0.39 is 0 Å². The molecule has 1 saturated carbocycles. The second-order valence-electron chi connectivity index (χ2n) is 5.84. The Morgan fingerprint density at radius 2 is 1.89 bits per heavy atom. The molecule has 1 aromatic rings. The van der Waals surface area contributed by atoms with Gasteiger partial charge in [-0.2, -0.15) is 0 Å². The highest BCUT2D eigenvalue weighted by Crippen LogP contribution is 2.34. The second kappa shape index (κ2) is 6.88. The number of aryl methyl sites for hydroxylation is 1. The van der Waals surface area contributed by atoms with Crippen LogP contribution in [0.3, 0.4) is 0 Å². The van der Waals surface area contributed by atoms with Gasteiger partial charge in [0.25, 0.3) is 0 Å². The summed E-state index contributed by atoms with van der Waals surface area (Å²) < 4.78 is 0. The molecule has 1 fully saturated rings. The molecule has 106 valence electrons. The fourth-order valence-corrected chi connectivity index (χ4v) is 2.74. The third-order valence-electron chi connectivity index (χ3n) is 4.10. The quantitative estimate of drug-likeness (QED) is 0.865. The smallest absolute Gasteiger partial charge is 0.134 e. The third-order valence-corrected chi connectivity index (χ3v) is 4.10. The van der Waals surface area contributed by atoms with Crippen LogP contribution in [0.15, 0.2) is 6.07 Å². The molecule has 3 heteroatoms. The highest BCUT2D eigenvalue weighted by Gasteiger charge is 2.22. The van der Waals surface area contributed by atoms with Gasteiger partial charge in [-0.05, 0) is 31.6 Å². The maximum absolute atomic E-state index is 4.76.